The first-order chi connectivity index (χ1) is 14.3. The zero-order chi connectivity index (χ0) is 22.0. The van der Waals surface area contributed by atoms with E-state index < -0.39 is 30.1 Å². The van der Waals surface area contributed by atoms with Gasteiger partial charge in [0.15, 0.2) is 0 Å². The van der Waals surface area contributed by atoms with Crippen molar-refractivity contribution >= 4 is 12.2 Å². The van der Waals surface area contributed by atoms with Gasteiger partial charge in [0.05, 0.1) is 6.04 Å². The fraction of sp³-hybridized carbons (Fsp3) is 0.391. The van der Waals surface area contributed by atoms with Crippen molar-refractivity contribution in [2.75, 3.05) is 7.11 Å². The monoisotopic (exact) mass is 414 g/mol. The molecule has 7 heteroatoms. The predicted octanol–water partition coefficient (Wildman–Crippen LogP) is 4.54. The number of carbonyl (C=O) groups excluding carboxylic acids is 2. The highest BCUT2D eigenvalue weighted by Gasteiger charge is 2.24. The average Bonchev–Trinajstić information content (AvgIpc) is 2.71. The molecule has 30 heavy (non-hydrogen) atoms. The maximum absolute atomic E-state index is 12.3. The van der Waals surface area contributed by atoms with Gasteiger partial charge in [-0.05, 0) is 31.9 Å². The molecule has 0 unspecified atom stereocenters. The third-order valence-electron chi connectivity index (χ3n) is 4.12. The van der Waals surface area contributed by atoms with Gasteiger partial charge in [0, 0.05) is 13.5 Å². The summed E-state index contributed by atoms with van der Waals surface area (Å²) in [7, 11) is 1.48. The Labute approximate surface area is 177 Å². The average molecular weight is 415 g/mol. The fourth-order valence-corrected chi connectivity index (χ4v) is 2.74. The summed E-state index contributed by atoms with van der Waals surface area (Å²) in [5, 5.41) is 5.54. The van der Waals surface area contributed by atoms with Crippen molar-refractivity contribution in [3.05, 3.63) is 71.8 Å². The standard InChI is InChI=1S/C23H30N2O5/c1-23(2,3)30-22(27)24-19(18-13-9-6-10-14-18)15-20(28-4)25-21(26)29-16-17-11-7-5-8-12-17/h5-14,19-20H,15-16H2,1-4H3,(H,24,27)(H,25,26)/t19-,20+/m0/s1. The van der Waals surface area contributed by atoms with Crippen LogP contribution in [0, 0.1) is 0 Å². The van der Waals surface area contributed by atoms with E-state index in [4.69, 9.17) is 14.2 Å². The first kappa shape index (κ1) is 23.2. The van der Waals surface area contributed by atoms with Gasteiger partial charge in [-0.1, -0.05) is 60.7 Å². The lowest BCUT2D eigenvalue weighted by Gasteiger charge is -2.26. The summed E-state index contributed by atoms with van der Waals surface area (Å²) < 4.78 is 16.0. The van der Waals surface area contributed by atoms with Gasteiger partial charge in [-0.2, -0.15) is 0 Å². The van der Waals surface area contributed by atoms with Crippen molar-refractivity contribution in [1.29, 1.82) is 0 Å². The van der Waals surface area contributed by atoms with E-state index in [-0.39, 0.29) is 6.61 Å². The molecule has 162 valence electrons. The van der Waals surface area contributed by atoms with Gasteiger partial charge < -0.3 is 19.5 Å². The van der Waals surface area contributed by atoms with Crippen LogP contribution in [0.15, 0.2) is 60.7 Å². The number of hydrogen-bond acceptors (Lipinski definition) is 5. The number of ether oxygens (including phenoxy) is 3. The first-order valence-electron chi connectivity index (χ1n) is 9.81. The second-order valence-corrected chi connectivity index (χ2v) is 7.78. The Morgan fingerprint density at radius 2 is 1.50 bits per heavy atom. The van der Waals surface area contributed by atoms with Crippen molar-refractivity contribution in [3.8, 4) is 0 Å². The van der Waals surface area contributed by atoms with Crippen LogP contribution in [0.1, 0.15) is 44.4 Å². The number of hydrogen-bond donors (Lipinski definition) is 2. The SMILES string of the molecule is CO[C@H](C[C@H](NC(=O)OC(C)(C)C)c1ccccc1)NC(=O)OCc1ccccc1. The third-order valence-corrected chi connectivity index (χ3v) is 4.12. The number of nitrogens with one attached hydrogen (secondary N) is 2. The maximum atomic E-state index is 12.3. The lowest BCUT2D eigenvalue weighted by Crippen LogP contribution is -2.41. The Morgan fingerprint density at radius 1 is 0.900 bits per heavy atom. The van der Waals surface area contributed by atoms with Crippen LogP contribution < -0.4 is 10.6 Å². The summed E-state index contributed by atoms with van der Waals surface area (Å²) in [6.07, 6.45) is -1.53. The van der Waals surface area contributed by atoms with Crippen LogP contribution in [0.3, 0.4) is 0 Å². The molecule has 0 heterocycles. The van der Waals surface area contributed by atoms with Gasteiger partial charge >= 0.3 is 12.2 Å². The largest absolute Gasteiger partial charge is 0.445 e. The lowest BCUT2D eigenvalue weighted by atomic mass is 10.0. The lowest BCUT2D eigenvalue weighted by molar-refractivity contribution is 0.0371. The molecule has 0 aliphatic rings. The van der Waals surface area contributed by atoms with Crippen molar-refractivity contribution in [2.24, 2.45) is 0 Å². The molecule has 0 spiro atoms. The van der Waals surface area contributed by atoms with Gasteiger partial charge in [0.25, 0.3) is 0 Å². The minimum Gasteiger partial charge on any atom is -0.445 e. The molecule has 2 amide bonds. The Bertz CT molecular complexity index is 790. The predicted molar refractivity (Wildman–Crippen MR) is 114 cm³/mol. The minimum atomic E-state index is -0.673. The van der Waals surface area contributed by atoms with Crippen LogP contribution in [0.2, 0.25) is 0 Å². The van der Waals surface area contributed by atoms with E-state index in [1.807, 2.05) is 60.7 Å². The van der Waals surface area contributed by atoms with Crippen LogP contribution >= 0.6 is 0 Å². The van der Waals surface area contributed by atoms with E-state index in [2.05, 4.69) is 10.6 Å². The van der Waals surface area contributed by atoms with E-state index in [0.717, 1.165) is 11.1 Å². The van der Waals surface area contributed by atoms with E-state index in [1.165, 1.54) is 7.11 Å². The number of benzene rings is 2. The Morgan fingerprint density at radius 3 is 2.07 bits per heavy atom. The van der Waals surface area contributed by atoms with Gasteiger partial charge in [-0.15, -0.1) is 0 Å². The van der Waals surface area contributed by atoms with Crippen molar-refractivity contribution < 1.29 is 23.8 Å². The molecular formula is C23H30N2O5. The summed E-state index contributed by atoms with van der Waals surface area (Å²) in [6.45, 7) is 5.55. The molecule has 2 aromatic carbocycles. The van der Waals surface area contributed by atoms with E-state index in [0.29, 0.717) is 6.42 Å². The molecule has 2 aromatic rings. The third kappa shape index (κ3) is 8.53. The molecule has 0 aromatic heterocycles. The Balaban J connectivity index is 1.99. The maximum Gasteiger partial charge on any atom is 0.409 e. The quantitative estimate of drug-likeness (QED) is 0.620. The molecule has 0 fully saturated rings. The molecule has 7 nitrogen and oxygen atoms in total. The number of methoxy groups -OCH3 is 1. The summed E-state index contributed by atoms with van der Waals surface area (Å²) in [5.41, 5.74) is 1.13. The van der Waals surface area contributed by atoms with E-state index in [1.54, 1.807) is 20.8 Å². The summed E-state index contributed by atoms with van der Waals surface area (Å²) in [4.78, 5) is 24.5. The molecule has 0 saturated carbocycles. The zero-order valence-electron chi connectivity index (χ0n) is 17.9. The molecule has 0 saturated heterocycles. The topological polar surface area (TPSA) is 85.9 Å². The second kappa shape index (κ2) is 11.2. The van der Waals surface area contributed by atoms with Crippen LogP contribution in [0.25, 0.3) is 0 Å². The fourth-order valence-electron chi connectivity index (χ4n) is 2.74. The number of amides is 2. The Kier molecular flexibility index (Phi) is 8.68. The molecule has 2 rings (SSSR count). The van der Waals surface area contributed by atoms with Gasteiger partial charge in [0.1, 0.15) is 18.4 Å². The molecule has 0 bridgehead atoms. The summed E-state index contributed by atoms with van der Waals surface area (Å²) in [5.74, 6) is 0. The van der Waals surface area contributed by atoms with E-state index >= 15 is 0 Å². The van der Waals surface area contributed by atoms with Crippen LogP contribution in [-0.2, 0) is 20.8 Å². The van der Waals surface area contributed by atoms with Gasteiger partial charge in [0.2, 0.25) is 0 Å². The first-order valence-corrected chi connectivity index (χ1v) is 9.81. The summed E-state index contributed by atoms with van der Waals surface area (Å²) in [6, 6.07) is 18.4. The van der Waals surface area contributed by atoms with Crippen molar-refractivity contribution in [2.45, 2.75) is 51.7 Å². The summed E-state index contributed by atoms with van der Waals surface area (Å²) >= 11 is 0. The highest BCUT2D eigenvalue weighted by Crippen LogP contribution is 2.20. The van der Waals surface area contributed by atoms with Gasteiger partial charge in [-0.3, -0.25) is 5.32 Å². The van der Waals surface area contributed by atoms with Crippen LogP contribution in [-0.4, -0.2) is 31.1 Å². The number of carbonyl (C=O) groups is 2. The molecule has 2 atom stereocenters. The number of rotatable bonds is 8. The molecule has 2 N–H and O–H groups in total. The van der Waals surface area contributed by atoms with Crippen LogP contribution in [0.5, 0.6) is 0 Å². The zero-order valence-corrected chi connectivity index (χ0v) is 17.9. The van der Waals surface area contributed by atoms with E-state index in [9.17, 15) is 9.59 Å². The number of alkyl carbamates (subject to hydrolysis) is 2. The second-order valence-electron chi connectivity index (χ2n) is 7.78. The normalized spacial score (nSPS) is 13.1. The van der Waals surface area contributed by atoms with Gasteiger partial charge in [-0.25, -0.2) is 9.59 Å². The van der Waals surface area contributed by atoms with Crippen LogP contribution in [0.4, 0.5) is 9.59 Å². The van der Waals surface area contributed by atoms with Crippen molar-refractivity contribution in [1.82, 2.24) is 10.6 Å². The smallest absolute Gasteiger partial charge is 0.409 e. The molecule has 0 radical (unpaired) electrons. The van der Waals surface area contributed by atoms with Crippen molar-refractivity contribution in [3.63, 3.8) is 0 Å². The Hall–Kier alpha value is -3.06. The highest BCUT2D eigenvalue weighted by atomic mass is 16.6. The molecule has 0 aliphatic carbocycles. The minimum absolute atomic E-state index is 0.154. The molecular weight excluding hydrogens is 384 g/mol. The molecule has 0 aliphatic heterocycles. The highest BCUT2D eigenvalue weighted by molar-refractivity contribution is 5.69.